The van der Waals surface area contributed by atoms with E-state index in [9.17, 15) is 0 Å². The van der Waals surface area contributed by atoms with E-state index in [2.05, 4.69) is 0 Å². The molecule has 0 aromatic heterocycles. The molecule has 4 heteroatoms. The third-order valence-corrected chi connectivity index (χ3v) is 0. The standard InChI is InChI=1S/2H2O.Si.W/h2*1H2;;/p-1. The van der Waals surface area contributed by atoms with Crippen molar-refractivity contribution in [2.45, 2.75) is 0 Å². The molecule has 0 aliphatic carbocycles. The monoisotopic (exact) mass is 247 g/mol. The number of rotatable bonds is 0. The fraction of sp³-hybridized carbons (Fsp3) is 0. The Labute approximate surface area is 43.5 Å². The minimum atomic E-state index is 0. The van der Waals surface area contributed by atoms with Gasteiger partial charge in [-0.3, -0.25) is 0 Å². The molecule has 4 radical (unpaired) electrons. The largest absolute Gasteiger partial charge is 0.870 e. The van der Waals surface area contributed by atoms with Crippen LogP contribution in [0.3, 0.4) is 0 Å². The van der Waals surface area contributed by atoms with E-state index in [1.54, 1.807) is 0 Å². The predicted molar refractivity (Wildman–Crippen MR) is 11.3 cm³/mol. The third kappa shape index (κ3) is 13.8. The Hall–Kier alpha value is 0.825. The van der Waals surface area contributed by atoms with Crippen LogP contribution in [-0.4, -0.2) is 21.9 Å². The molecule has 2 nitrogen and oxygen atoms in total. The molecule has 3 N–H and O–H groups in total. The summed E-state index contributed by atoms with van der Waals surface area (Å²) in [6, 6.07) is 0. The van der Waals surface area contributed by atoms with E-state index in [4.69, 9.17) is 0 Å². The molecule has 26 valence electrons. The summed E-state index contributed by atoms with van der Waals surface area (Å²) >= 11 is 0. The fourth-order valence-electron chi connectivity index (χ4n) is 0. The van der Waals surface area contributed by atoms with Gasteiger partial charge in [0.2, 0.25) is 0 Å². The molecule has 0 unspecified atom stereocenters. The average molecular weight is 247 g/mol. The number of hydrogen-bond donors (Lipinski definition) is 0. The van der Waals surface area contributed by atoms with Gasteiger partial charge in [-0.25, -0.2) is 0 Å². The average Bonchev–Trinajstić information content (AvgIpc) is 0. The second-order valence-electron chi connectivity index (χ2n) is 0. The molecule has 0 atom stereocenters. The van der Waals surface area contributed by atoms with Gasteiger partial charge in [0.05, 0.1) is 0 Å². The second kappa shape index (κ2) is 44.8. The molecule has 0 aliphatic heterocycles. The predicted octanol–water partition coefficient (Wildman–Crippen LogP) is -1.38. The van der Waals surface area contributed by atoms with Crippen LogP contribution in [0.1, 0.15) is 0 Å². The van der Waals surface area contributed by atoms with Gasteiger partial charge in [-0.05, 0) is 0 Å². The van der Waals surface area contributed by atoms with E-state index in [1.807, 2.05) is 0 Å². The van der Waals surface area contributed by atoms with Crippen LogP contribution < -0.4 is 0 Å². The number of hydrogen-bond acceptors (Lipinski definition) is 1. The smallest absolute Gasteiger partial charge is 0 e. The van der Waals surface area contributed by atoms with E-state index < -0.39 is 0 Å². The van der Waals surface area contributed by atoms with Crippen molar-refractivity contribution in [3.05, 3.63) is 0 Å². The molecule has 0 aliphatic rings. The van der Waals surface area contributed by atoms with Crippen LogP contribution in [0.2, 0.25) is 0 Å². The van der Waals surface area contributed by atoms with Crippen LogP contribution in [0, 0.1) is 0 Å². The molecule has 0 aromatic rings. The van der Waals surface area contributed by atoms with Gasteiger partial charge in [0.1, 0.15) is 0 Å². The second-order valence-corrected chi connectivity index (χ2v) is 0. The summed E-state index contributed by atoms with van der Waals surface area (Å²) in [6.45, 7) is 0. The zero-order valence-electron chi connectivity index (χ0n) is 1.86. The van der Waals surface area contributed by atoms with Gasteiger partial charge in [-0.1, -0.05) is 0 Å². The summed E-state index contributed by atoms with van der Waals surface area (Å²) in [5.74, 6) is 0. The Balaban J connectivity index is 0. The first-order valence-electron chi connectivity index (χ1n) is 0. The summed E-state index contributed by atoms with van der Waals surface area (Å²) in [4.78, 5) is 0. The van der Waals surface area contributed by atoms with Crippen LogP contribution in [-0.2, 0) is 21.1 Å². The first kappa shape index (κ1) is 104. The first-order valence-corrected chi connectivity index (χ1v) is 0. The van der Waals surface area contributed by atoms with Gasteiger partial charge in [-0.15, -0.1) is 0 Å². The van der Waals surface area contributed by atoms with Crippen molar-refractivity contribution < 1.29 is 32.0 Å². The molecule has 0 spiro atoms. The summed E-state index contributed by atoms with van der Waals surface area (Å²) < 4.78 is 0. The van der Waals surface area contributed by atoms with Crippen LogP contribution in [0.15, 0.2) is 0 Å². The zero-order valence-corrected chi connectivity index (χ0v) is 5.79. The quantitative estimate of drug-likeness (QED) is 0.486. The van der Waals surface area contributed by atoms with Gasteiger partial charge in [-0.2, -0.15) is 0 Å². The van der Waals surface area contributed by atoms with E-state index >= 15 is 0 Å². The van der Waals surface area contributed by atoms with Crippen molar-refractivity contribution in [1.29, 1.82) is 0 Å². The Morgan fingerprint density at radius 3 is 1.00 bits per heavy atom. The Kier molecular flexibility index (Phi) is 1160. The molecule has 0 fully saturated rings. The van der Waals surface area contributed by atoms with Crippen LogP contribution in [0.25, 0.3) is 0 Å². The molecule has 0 bridgehead atoms. The summed E-state index contributed by atoms with van der Waals surface area (Å²) in [6.07, 6.45) is 0. The maximum Gasteiger partial charge on any atom is 0 e. The van der Waals surface area contributed by atoms with Gasteiger partial charge >= 0.3 is 0 Å². The Bertz CT molecular complexity index is 6.00. The van der Waals surface area contributed by atoms with Gasteiger partial charge in [0.15, 0.2) is 0 Å². The van der Waals surface area contributed by atoms with E-state index in [0.717, 1.165) is 0 Å². The first-order chi connectivity index (χ1) is 0. The Morgan fingerprint density at radius 1 is 1.00 bits per heavy atom. The molecule has 0 saturated heterocycles. The minimum absolute atomic E-state index is 0. The van der Waals surface area contributed by atoms with Crippen molar-refractivity contribution in [1.82, 2.24) is 0 Å². The van der Waals surface area contributed by atoms with Gasteiger partial charge in [0.25, 0.3) is 0 Å². The third-order valence-electron chi connectivity index (χ3n) is 0. The minimum Gasteiger partial charge on any atom is -0.870 e. The van der Waals surface area contributed by atoms with Gasteiger partial charge < -0.3 is 11.0 Å². The Morgan fingerprint density at radius 2 is 1.00 bits per heavy atom. The molecular formula is H3O2SiW-. The van der Waals surface area contributed by atoms with Crippen LogP contribution >= 0.6 is 0 Å². The summed E-state index contributed by atoms with van der Waals surface area (Å²) in [5.41, 5.74) is 0. The zero-order chi connectivity index (χ0) is 0. The fourth-order valence-corrected chi connectivity index (χ4v) is 0. The normalized spacial score (nSPS) is 0. The molecule has 0 heterocycles. The van der Waals surface area contributed by atoms with Crippen LogP contribution in [0.5, 0.6) is 0 Å². The molecule has 4 heavy (non-hydrogen) atoms. The molecule has 0 rings (SSSR count). The van der Waals surface area contributed by atoms with Crippen molar-refractivity contribution in [3.8, 4) is 0 Å². The van der Waals surface area contributed by atoms with Gasteiger partial charge in [0, 0.05) is 32.0 Å². The van der Waals surface area contributed by atoms with E-state index in [1.165, 1.54) is 0 Å². The maximum atomic E-state index is 0. The molecule has 0 saturated carbocycles. The topological polar surface area (TPSA) is 61.5 Å². The van der Waals surface area contributed by atoms with E-state index in [-0.39, 0.29) is 43.0 Å². The molecule has 0 aromatic carbocycles. The molecular weight excluding hydrogens is 244 g/mol. The van der Waals surface area contributed by atoms with E-state index in [0.29, 0.717) is 0 Å². The summed E-state index contributed by atoms with van der Waals surface area (Å²) in [5, 5.41) is 0. The summed E-state index contributed by atoms with van der Waals surface area (Å²) in [7, 11) is 0. The van der Waals surface area contributed by atoms with Crippen molar-refractivity contribution >= 4 is 11.0 Å². The van der Waals surface area contributed by atoms with Crippen molar-refractivity contribution in [3.63, 3.8) is 0 Å². The van der Waals surface area contributed by atoms with Crippen molar-refractivity contribution in [2.75, 3.05) is 0 Å². The maximum absolute atomic E-state index is 0. The van der Waals surface area contributed by atoms with Crippen LogP contribution in [0.4, 0.5) is 0 Å². The SMILES string of the molecule is O.[OH-].[Si].[W]. The molecule has 0 amide bonds. The van der Waals surface area contributed by atoms with Crippen molar-refractivity contribution in [2.24, 2.45) is 0 Å².